The number of anilines is 1. The third-order valence-electron chi connectivity index (χ3n) is 1.68. The van der Waals surface area contributed by atoms with Crippen molar-refractivity contribution in [1.29, 1.82) is 0 Å². The van der Waals surface area contributed by atoms with Crippen molar-refractivity contribution in [3.05, 3.63) is 17.0 Å². The van der Waals surface area contributed by atoms with Crippen molar-refractivity contribution in [2.24, 2.45) is 0 Å². The summed E-state index contributed by atoms with van der Waals surface area (Å²) in [5, 5.41) is 2.31. The Labute approximate surface area is 96.0 Å². The van der Waals surface area contributed by atoms with Crippen molar-refractivity contribution in [1.82, 2.24) is 9.97 Å². The predicted molar refractivity (Wildman–Crippen MR) is 55.6 cm³/mol. The highest BCUT2D eigenvalue weighted by Gasteiger charge is 2.26. The maximum atomic E-state index is 12.0. The van der Waals surface area contributed by atoms with Crippen LogP contribution in [0.3, 0.4) is 0 Å². The second-order valence-electron chi connectivity index (χ2n) is 3.21. The lowest BCUT2D eigenvalue weighted by molar-refractivity contribution is -0.115. The Balaban J connectivity index is 2.72. The molecule has 1 heterocycles. The molecule has 0 spiro atoms. The summed E-state index contributed by atoms with van der Waals surface area (Å²) in [7, 11) is 0. The lowest BCUT2D eigenvalue weighted by atomic mass is 10.3. The van der Waals surface area contributed by atoms with E-state index < -0.39 is 12.7 Å². The molecule has 0 atom stereocenters. The van der Waals surface area contributed by atoms with E-state index in [9.17, 15) is 13.2 Å². The minimum Gasteiger partial charge on any atom is -0.361 e. The van der Waals surface area contributed by atoms with Gasteiger partial charge in [0.1, 0.15) is 23.3 Å². The first-order valence-electron chi connectivity index (χ1n) is 4.75. The van der Waals surface area contributed by atoms with Crippen molar-refractivity contribution >= 4 is 17.4 Å². The molecule has 0 aliphatic heterocycles. The van der Waals surface area contributed by atoms with Crippen LogP contribution in [0.1, 0.15) is 19.2 Å². The second kappa shape index (κ2) is 5.34. The Bertz CT molecular complexity index is 354. The van der Waals surface area contributed by atoms with Gasteiger partial charge in [0.25, 0.3) is 0 Å². The summed E-state index contributed by atoms with van der Waals surface area (Å²) in [6.45, 7) is 0.791. The Morgan fingerprint density at radius 3 is 2.62 bits per heavy atom. The molecule has 0 radical (unpaired) electrons. The average molecular weight is 254 g/mol. The highest BCUT2D eigenvalue weighted by Crippen LogP contribution is 2.17. The van der Waals surface area contributed by atoms with E-state index in [4.69, 9.17) is 11.6 Å². The van der Waals surface area contributed by atoms with Crippen LogP contribution in [-0.2, 0) is 6.42 Å². The van der Waals surface area contributed by atoms with Crippen LogP contribution < -0.4 is 5.32 Å². The zero-order chi connectivity index (χ0) is 12.2. The largest absolute Gasteiger partial charge is 0.405 e. The Morgan fingerprint density at radius 1 is 1.38 bits per heavy atom. The van der Waals surface area contributed by atoms with Crippen molar-refractivity contribution < 1.29 is 13.2 Å². The van der Waals surface area contributed by atoms with Gasteiger partial charge in [-0.15, -0.1) is 0 Å². The molecule has 0 bridgehead atoms. The molecule has 3 nitrogen and oxygen atoms in total. The molecule has 0 amide bonds. The first-order chi connectivity index (χ1) is 7.40. The van der Waals surface area contributed by atoms with Gasteiger partial charge in [0.15, 0.2) is 0 Å². The number of nitrogens with one attached hydrogen (secondary N) is 1. The quantitative estimate of drug-likeness (QED) is 0.838. The molecule has 1 rings (SSSR count). The molecule has 0 saturated heterocycles. The molecule has 0 aromatic carbocycles. The van der Waals surface area contributed by atoms with Crippen LogP contribution in [0.4, 0.5) is 19.0 Å². The minimum absolute atomic E-state index is 0.0979. The van der Waals surface area contributed by atoms with E-state index in [0.29, 0.717) is 12.2 Å². The van der Waals surface area contributed by atoms with Crippen LogP contribution in [0.15, 0.2) is 6.07 Å². The number of hydrogen-bond acceptors (Lipinski definition) is 3. The molecule has 16 heavy (non-hydrogen) atoms. The molecule has 1 aromatic rings. The normalized spacial score (nSPS) is 11.6. The van der Waals surface area contributed by atoms with E-state index in [1.165, 1.54) is 6.07 Å². The predicted octanol–water partition coefficient (Wildman–Crippen LogP) is 3.06. The summed E-state index contributed by atoms with van der Waals surface area (Å²) < 4.78 is 35.9. The van der Waals surface area contributed by atoms with Gasteiger partial charge in [0, 0.05) is 12.5 Å². The van der Waals surface area contributed by atoms with Crippen LogP contribution in [0, 0.1) is 0 Å². The van der Waals surface area contributed by atoms with Gasteiger partial charge in [-0.05, 0) is 6.42 Å². The summed E-state index contributed by atoms with van der Waals surface area (Å²) >= 11 is 5.66. The maximum Gasteiger partial charge on any atom is 0.405 e. The highest BCUT2D eigenvalue weighted by molar-refractivity contribution is 6.29. The molecule has 90 valence electrons. The van der Waals surface area contributed by atoms with Crippen LogP contribution in [0.5, 0.6) is 0 Å². The lowest BCUT2D eigenvalue weighted by Crippen LogP contribution is -2.22. The van der Waals surface area contributed by atoms with Gasteiger partial charge < -0.3 is 5.32 Å². The number of aryl methyl sites for hydroxylation is 1. The Kier molecular flexibility index (Phi) is 4.35. The van der Waals surface area contributed by atoms with Crippen LogP contribution in [0.2, 0.25) is 5.15 Å². The van der Waals surface area contributed by atoms with E-state index in [0.717, 1.165) is 6.42 Å². The van der Waals surface area contributed by atoms with Crippen LogP contribution in [0.25, 0.3) is 0 Å². The summed E-state index contributed by atoms with van der Waals surface area (Å²) in [5.74, 6) is 0.542. The van der Waals surface area contributed by atoms with Gasteiger partial charge in [0.05, 0.1) is 0 Å². The van der Waals surface area contributed by atoms with Gasteiger partial charge >= 0.3 is 6.18 Å². The number of nitrogens with zero attached hydrogens (tertiary/aromatic N) is 2. The van der Waals surface area contributed by atoms with E-state index in [1.54, 1.807) is 0 Å². The minimum atomic E-state index is -4.28. The van der Waals surface area contributed by atoms with E-state index in [2.05, 4.69) is 15.3 Å². The topological polar surface area (TPSA) is 37.8 Å². The number of alkyl halides is 3. The molecule has 0 aliphatic carbocycles. The summed E-state index contributed by atoms with van der Waals surface area (Å²) in [6.07, 6.45) is -2.89. The smallest absolute Gasteiger partial charge is 0.361 e. The number of rotatable bonds is 4. The summed E-state index contributed by atoms with van der Waals surface area (Å²) in [4.78, 5) is 7.82. The first kappa shape index (κ1) is 13.0. The molecule has 0 unspecified atom stereocenters. The molecule has 0 aliphatic rings. The van der Waals surface area contributed by atoms with Crippen LogP contribution >= 0.6 is 11.6 Å². The van der Waals surface area contributed by atoms with E-state index in [-0.39, 0.29) is 11.0 Å². The first-order valence-corrected chi connectivity index (χ1v) is 5.12. The van der Waals surface area contributed by atoms with Gasteiger partial charge in [-0.1, -0.05) is 18.5 Å². The van der Waals surface area contributed by atoms with E-state index >= 15 is 0 Å². The van der Waals surface area contributed by atoms with Crippen molar-refractivity contribution in [3.63, 3.8) is 0 Å². The van der Waals surface area contributed by atoms with Gasteiger partial charge in [-0.2, -0.15) is 13.2 Å². The molecule has 1 N–H and O–H groups in total. The van der Waals surface area contributed by atoms with Crippen LogP contribution in [-0.4, -0.2) is 22.7 Å². The molecule has 1 aromatic heterocycles. The summed E-state index contributed by atoms with van der Waals surface area (Å²) in [6, 6.07) is 1.27. The van der Waals surface area contributed by atoms with Crippen molar-refractivity contribution in [2.45, 2.75) is 25.9 Å². The van der Waals surface area contributed by atoms with Gasteiger partial charge in [0.2, 0.25) is 0 Å². The molecular weight excluding hydrogens is 243 g/mol. The molecule has 0 fully saturated rings. The fraction of sp³-hybridized carbons (Fsp3) is 0.556. The van der Waals surface area contributed by atoms with E-state index in [1.807, 2.05) is 6.92 Å². The number of hydrogen-bond donors (Lipinski definition) is 1. The molecule has 7 heteroatoms. The maximum absolute atomic E-state index is 12.0. The number of halogens is 4. The monoisotopic (exact) mass is 253 g/mol. The Hall–Kier alpha value is -1.04. The SMILES string of the molecule is CCCc1nc(Cl)cc(NCC(F)(F)F)n1. The molecule has 0 saturated carbocycles. The number of aromatic nitrogens is 2. The van der Waals surface area contributed by atoms with Gasteiger partial charge in [-0.3, -0.25) is 0 Å². The molecular formula is C9H11ClF3N3. The zero-order valence-corrected chi connectivity index (χ0v) is 9.36. The fourth-order valence-electron chi connectivity index (χ4n) is 1.08. The Morgan fingerprint density at radius 2 is 2.06 bits per heavy atom. The van der Waals surface area contributed by atoms with Crippen molar-refractivity contribution in [3.8, 4) is 0 Å². The highest BCUT2D eigenvalue weighted by atomic mass is 35.5. The van der Waals surface area contributed by atoms with Gasteiger partial charge in [-0.25, -0.2) is 9.97 Å². The standard InChI is InChI=1S/C9H11ClF3N3/c1-2-3-7-15-6(10)4-8(16-7)14-5-9(11,12)13/h4H,2-3,5H2,1H3,(H,14,15,16). The lowest BCUT2D eigenvalue weighted by Gasteiger charge is -2.09. The summed E-state index contributed by atoms with van der Waals surface area (Å²) in [5.41, 5.74) is 0. The fourth-order valence-corrected chi connectivity index (χ4v) is 1.28. The third-order valence-corrected chi connectivity index (χ3v) is 1.88. The third kappa shape index (κ3) is 4.65. The second-order valence-corrected chi connectivity index (χ2v) is 3.60. The average Bonchev–Trinajstić information content (AvgIpc) is 2.13. The zero-order valence-electron chi connectivity index (χ0n) is 8.60. The van der Waals surface area contributed by atoms with Crippen molar-refractivity contribution in [2.75, 3.05) is 11.9 Å².